The lowest BCUT2D eigenvalue weighted by Crippen LogP contribution is -2.33. The number of thiophene rings is 1. The zero-order valence-corrected chi connectivity index (χ0v) is 16.1. The van der Waals surface area contributed by atoms with Crippen LogP contribution in [0.2, 0.25) is 0 Å². The average Bonchev–Trinajstić information content (AvgIpc) is 3.17. The van der Waals surface area contributed by atoms with E-state index in [0.717, 1.165) is 18.0 Å². The number of hydrogen-bond donors (Lipinski definition) is 0. The minimum atomic E-state index is 0.298. The molecule has 2 aromatic heterocycles. The Kier molecular flexibility index (Phi) is 3.65. The van der Waals surface area contributed by atoms with Gasteiger partial charge in [-0.3, -0.25) is 4.98 Å². The molecule has 1 aromatic carbocycles. The van der Waals surface area contributed by atoms with Gasteiger partial charge in [-0.25, -0.2) is 0 Å². The second kappa shape index (κ2) is 5.92. The van der Waals surface area contributed by atoms with Gasteiger partial charge in [0.05, 0.1) is 5.69 Å². The van der Waals surface area contributed by atoms with Crippen LogP contribution in [0.25, 0.3) is 21.7 Å². The van der Waals surface area contributed by atoms with Crippen molar-refractivity contribution in [3.63, 3.8) is 0 Å². The van der Waals surface area contributed by atoms with E-state index in [1.807, 2.05) is 23.6 Å². The van der Waals surface area contributed by atoms with Crippen LogP contribution < -0.4 is 9.75 Å². The highest BCUT2D eigenvalue weighted by atomic mass is 32.1. The van der Waals surface area contributed by atoms with Gasteiger partial charge in [-0.1, -0.05) is 49.4 Å². The van der Waals surface area contributed by atoms with E-state index in [0.29, 0.717) is 11.3 Å². The predicted octanol–water partition coefficient (Wildman–Crippen LogP) is 4.90. The molecule has 3 atom stereocenters. The Bertz CT molecular complexity index is 1120. The summed E-state index contributed by atoms with van der Waals surface area (Å²) in [5.41, 5.74) is 2.92. The lowest BCUT2D eigenvalue weighted by atomic mass is 9.75. The molecule has 0 aliphatic heterocycles. The molecule has 3 aromatic rings. The van der Waals surface area contributed by atoms with Crippen molar-refractivity contribution in [2.45, 2.75) is 26.7 Å². The van der Waals surface area contributed by atoms with Crippen molar-refractivity contribution in [3.05, 3.63) is 76.3 Å². The minimum Gasteiger partial charge on any atom is -0.257 e. The molecule has 0 bridgehead atoms. The number of allylic oxidation sites excluding steroid dienone is 2. The third kappa shape index (κ3) is 2.25. The Morgan fingerprint density at radius 3 is 2.69 bits per heavy atom. The van der Waals surface area contributed by atoms with Gasteiger partial charge in [-0.2, -0.15) is 0 Å². The van der Waals surface area contributed by atoms with E-state index in [-0.39, 0.29) is 0 Å². The molecule has 2 aliphatic rings. The summed E-state index contributed by atoms with van der Waals surface area (Å²) in [6, 6.07) is 15.1. The molecule has 5 rings (SSSR count). The summed E-state index contributed by atoms with van der Waals surface area (Å²) in [5, 5.41) is 2.81. The summed E-state index contributed by atoms with van der Waals surface area (Å²) in [6.07, 6.45) is 11.5. The highest BCUT2D eigenvalue weighted by molar-refractivity contribution is 7.17. The SMILES string of the molecule is CC=CC1(C2CC=c3c(sc4ccccc34)=C2c2ccccn2)CC1C. The summed E-state index contributed by atoms with van der Waals surface area (Å²) < 4.78 is 2.82. The molecule has 0 N–H and O–H groups in total. The Morgan fingerprint density at radius 1 is 1.15 bits per heavy atom. The first-order valence-electron chi connectivity index (χ1n) is 9.52. The van der Waals surface area contributed by atoms with Gasteiger partial charge in [0.15, 0.2) is 0 Å². The predicted molar refractivity (Wildman–Crippen MR) is 111 cm³/mol. The van der Waals surface area contributed by atoms with Crippen LogP contribution in [0.5, 0.6) is 0 Å². The fourth-order valence-corrected chi connectivity index (χ4v) is 6.22. The molecular weight excluding hydrogens is 334 g/mol. The maximum absolute atomic E-state index is 4.78. The number of rotatable bonds is 3. The Hall–Kier alpha value is -2.19. The van der Waals surface area contributed by atoms with Crippen molar-refractivity contribution in [1.29, 1.82) is 0 Å². The van der Waals surface area contributed by atoms with Crippen molar-refractivity contribution >= 4 is 33.1 Å². The molecule has 130 valence electrons. The average molecular weight is 358 g/mol. The summed E-state index contributed by atoms with van der Waals surface area (Å²) in [4.78, 5) is 4.78. The van der Waals surface area contributed by atoms with Crippen LogP contribution in [0, 0.1) is 17.3 Å². The van der Waals surface area contributed by atoms with Crippen molar-refractivity contribution in [2.24, 2.45) is 17.3 Å². The van der Waals surface area contributed by atoms with Crippen molar-refractivity contribution in [2.75, 3.05) is 0 Å². The largest absolute Gasteiger partial charge is 0.257 e. The lowest BCUT2D eigenvalue weighted by Gasteiger charge is -2.29. The highest BCUT2D eigenvalue weighted by Gasteiger charge is 2.55. The Morgan fingerprint density at radius 2 is 1.96 bits per heavy atom. The smallest absolute Gasteiger partial charge is 0.0679 e. The first-order valence-corrected chi connectivity index (χ1v) is 10.3. The van der Waals surface area contributed by atoms with Gasteiger partial charge in [0.2, 0.25) is 0 Å². The summed E-state index contributed by atoms with van der Waals surface area (Å²) in [7, 11) is 0. The second-order valence-electron chi connectivity index (χ2n) is 7.68. The van der Waals surface area contributed by atoms with Gasteiger partial charge in [0.25, 0.3) is 0 Å². The lowest BCUT2D eigenvalue weighted by molar-refractivity contribution is 0.444. The number of aromatic nitrogens is 1. The fourth-order valence-electron chi connectivity index (χ4n) is 4.90. The third-order valence-electron chi connectivity index (χ3n) is 6.27. The van der Waals surface area contributed by atoms with Crippen LogP contribution in [0.3, 0.4) is 0 Å². The number of hydrogen-bond acceptors (Lipinski definition) is 2. The third-order valence-corrected chi connectivity index (χ3v) is 7.49. The second-order valence-corrected chi connectivity index (χ2v) is 8.73. The van der Waals surface area contributed by atoms with Crippen LogP contribution in [0.15, 0.2) is 60.8 Å². The van der Waals surface area contributed by atoms with Crippen molar-refractivity contribution in [3.8, 4) is 0 Å². The normalized spacial score (nSPS) is 27.5. The van der Waals surface area contributed by atoms with Gasteiger partial charge in [-0.15, -0.1) is 11.3 Å². The van der Waals surface area contributed by atoms with Crippen LogP contribution in [0.1, 0.15) is 32.4 Å². The van der Waals surface area contributed by atoms with Gasteiger partial charge < -0.3 is 0 Å². The van der Waals surface area contributed by atoms with E-state index in [2.05, 4.69) is 68.5 Å². The fraction of sp³-hybridized carbons (Fsp3) is 0.292. The molecular formula is C24H23NS. The standard InChI is InChI=1S/C24H23NS/c1-3-13-24(15-16(24)2)19-12-11-18-17-8-4-5-10-21(17)26-23(18)22(19)20-9-6-7-14-25-20/h3-11,13-14,16,19H,12,15H2,1-2H3. The van der Waals surface area contributed by atoms with Gasteiger partial charge >= 0.3 is 0 Å². The topological polar surface area (TPSA) is 12.9 Å². The van der Waals surface area contributed by atoms with E-state index < -0.39 is 0 Å². The molecule has 2 heteroatoms. The van der Waals surface area contributed by atoms with Crippen LogP contribution in [0.4, 0.5) is 0 Å². The molecule has 2 heterocycles. The first-order chi connectivity index (χ1) is 12.7. The first kappa shape index (κ1) is 16.0. The van der Waals surface area contributed by atoms with E-state index >= 15 is 0 Å². The Balaban J connectivity index is 1.85. The van der Waals surface area contributed by atoms with Crippen LogP contribution in [-0.4, -0.2) is 4.98 Å². The maximum atomic E-state index is 4.78. The molecule has 1 nitrogen and oxygen atoms in total. The molecule has 0 saturated heterocycles. The van der Waals surface area contributed by atoms with Gasteiger partial charge in [-0.05, 0) is 65.5 Å². The zero-order valence-electron chi connectivity index (χ0n) is 15.3. The molecule has 2 aliphatic carbocycles. The minimum absolute atomic E-state index is 0.298. The molecule has 3 unspecified atom stereocenters. The molecule has 0 spiro atoms. The van der Waals surface area contributed by atoms with Gasteiger partial charge in [0, 0.05) is 21.3 Å². The maximum Gasteiger partial charge on any atom is 0.0679 e. The van der Waals surface area contributed by atoms with Crippen molar-refractivity contribution in [1.82, 2.24) is 4.98 Å². The van der Waals surface area contributed by atoms with E-state index in [4.69, 9.17) is 4.98 Å². The summed E-state index contributed by atoms with van der Waals surface area (Å²) >= 11 is 1.94. The number of fused-ring (bicyclic) bond motifs is 3. The van der Waals surface area contributed by atoms with Gasteiger partial charge in [0.1, 0.15) is 0 Å². The van der Waals surface area contributed by atoms with Crippen LogP contribution >= 0.6 is 11.3 Å². The van der Waals surface area contributed by atoms with E-state index in [1.165, 1.54) is 31.8 Å². The molecule has 26 heavy (non-hydrogen) atoms. The highest BCUT2D eigenvalue weighted by Crippen LogP contribution is 2.62. The van der Waals surface area contributed by atoms with Crippen molar-refractivity contribution < 1.29 is 0 Å². The van der Waals surface area contributed by atoms with E-state index in [9.17, 15) is 0 Å². The van der Waals surface area contributed by atoms with Crippen LogP contribution in [-0.2, 0) is 0 Å². The number of benzene rings is 1. The molecule has 0 radical (unpaired) electrons. The number of pyridine rings is 1. The Labute approximate surface area is 158 Å². The van der Waals surface area contributed by atoms with E-state index in [1.54, 1.807) is 0 Å². The number of nitrogens with zero attached hydrogens (tertiary/aromatic N) is 1. The summed E-state index contributed by atoms with van der Waals surface area (Å²) in [5.74, 6) is 1.26. The monoisotopic (exact) mass is 357 g/mol. The molecule has 1 fully saturated rings. The molecule has 0 amide bonds. The summed E-state index contributed by atoms with van der Waals surface area (Å²) in [6.45, 7) is 4.56. The molecule has 1 saturated carbocycles. The zero-order chi connectivity index (χ0) is 17.7. The quantitative estimate of drug-likeness (QED) is 0.608.